The number of hydrogen-bond donors (Lipinski definition) is 4. The van der Waals surface area contributed by atoms with Crippen LogP contribution in [0.25, 0.3) is 0 Å². The minimum atomic E-state index is -0.790. The van der Waals surface area contributed by atoms with Gasteiger partial charge in [0.25, 0.3) is 0 Å². The van der Waals surface area contributed by atoms with Crippen LogP contribution in [0.3, 0.4) is 0 Å². The number of carboxylic acid groups (broad SMARTS) is 1. The lowest BCUT2D eigenvalue weighted by Crippen LogP contribution is -2.21. The molecule has 0 saturated heterocycles. The van der Waals surface area contributed by atoms with Crippen molar-refractivity contribution in [2.24, 2.45) is 11.8 Å². The molecular formula is C20H34O5. The van der Waals surface area contributed by atoms with Gasteiger partial charge in [-0.3, -0.25) is 4.79 Å². The Hall–Kier alpha value is -1.17. The molecule has 0 aromatic heterocycles. The normalized spacial score (nSPS) is 28.2. The van der Waals surface area contributed by atoms with E-state index in [2.05, 4.69) is 6.92 Å². The van der Waals surface area contributed by atoms with E-state index in [1.807, 2.05) is 18.2 Å². The number of aliphatic hydroxyl groups excluding tert-OH is 3. The molecule has 1 saturated carbocycles. The Morgan fingerprint density at radius 2 is 1.92 bits per heavy atom. The lowest BCUT2D eigenvalue weighted by molar-refractivity contribution is -0.137. The fraction of sp³-hybridized carbons (Fsp3) is 0.750. The molecule has 0 aromatic carbocycles. The van der Waals surface area contributed by atoms with Crippen molar-refractivity contribution >= 4 is 5.97 Å². The molecule has 1 aliphatic carbocycles. The van der Waals surface area contributed by atoms with Crippen LogP contribution in [0.2, 0.25) is 0 Å². The van der Waals surface area contributed by atoms with Crippen LogP contribution in [0.5, 0.6) is 0 Å². The van der Waals surface area contributed by atoms with Crippen molar-refractivity contribution in [3.63, 3.8) is 0 Å². The van der Waals surface area contributed by atoms with Gasteiger partial charge < -0.3 is 20.4 Å². The number of rotatable bonds is 12. The van der Waals surface area contributed by atoms with Gasteiger partial charge in [-0.05, 0) is 31.6 Å². The van der Waals surface area contributed by atoms with Crippen LogP contribution in [0, 0.1) is 11.8 Å². The van der Waals surface area contributed by atoms with Crippen molar-refractivity contribution in [1.82, 2.24) is 0 Å². The fourth-order valence-corrected chi connectivity index (χ4v) is 3.47. The van der Waals surface area contributed by atoms with E-state index in [0.29, 0.717) is 25.7 Å². The minimum Gasteiger partial charge on any atom is -0.481 e. The molecule has 5 atom stereocenters. The standard InChI is InChI=1S/C20H34O5/c1-2-3-6-10-16-17(19(23)14-18(16)22)13-12-15(21)9-7-4-5-8-11-20(24)25/h4,7,12-13,15-19,21-23H,2-3,5-6,8-11,14H2,1H3,(H,24,25)/b7-4-,13-12+/t15-,16-,17-,18-,19+/m0/s1. The maximum Gasteiger partial charge on any atom is 0.303 e. The largest absolute Gasteiger partial charge is 0.481 e. The average molecular weight is 354 g/mol. The number of carbonyl (C=O) groups is 1. The Morgan fingerprint density at radius 3 is 2.60 bits per heavy atom. The average Bonchev–Trinajstić information content (AvgIpc) is 2.82. The number of unbranched alkanes of at least 4 members (excludes halogenated alkanes) is 3. The maximum absolute atomic E-state index is 10.4. The molecule has 0 amide bonds. The summed E-state index contributed by atoms with van der Waals surface area (Å²) in [6.45, 7) is 2.14. The molecule has 0 aliphatic heterocycles. The number of aliphatic carboxylic acids is 1. The van der Waals surface area contributed by atoms with E-state index in [1.54, 1.807) is 6.08 Å². The zero-order valence-electron chi connectivity index (χ0n) is 15.3. The first-order valence-electron chi connectivity index (χ1n) is 9.55. The summed E-state index contributed by atoms with van der Waals surface area (Å²) in [4.78, 5) is 10.4. The third kappa shape index (κ3) is 8.66. The minimum absolute atomic E-state index is 0.0663. The summed E-state index contributed by atoms with van der Waals surface area (Å²) in [7, 11) is 0. The zero-order valence-corrected chi connectivity index (χ0v) is 15.3. The van der Waals surface area contributed by atoms with Crippen LogP contribution in [-0.2, 0) is 4.79 Å². The molecule has 0 spiro atoms. The summed E-state index contributed by atoms with van der Waals surface area (Å²) in [6.07, 6.45) is 12.2. The molecule has 0 heterocycles. The second-order valence-electron chi connectivity index (χ2n) is 7.05. The molecule has 5 nitrogen and oxygen atoms in total. The van der Waals surface area contributed by atoms with E-state index >= 15 is 0 Å². The van der Waals surface area contributed by atoms with Crippen molar-refractivity contribution in [3.05, 3.63) is 24.3 Å². The Bertz CT molecular complexity index is 432. The highest BCUT2D eigenvalue weighted by atomic mass is 16.4. The van der Waals surface area contributed by atoms with Gasteiger partial charge in [0.1, 0.15) is 0 Å². The van der Waals surface area contributed by atoms with Gasteiger partial charge in [-0.2, -0.15) is 0 Å². The van der Waals surface area contributed by atoms with E-state index in [9.17, 15) is 20.1 Å². The summed E-state index contributed by atoms with van der Waals surface area (Å²) in [6, 6.07) is 0. The predicted molar refractivity (Wildman–Crippen MR) is 98.1 cm³/mol. The smallest absolute Gasteiger partial charge is 0.303 e. The highest BCUT2D eigenvalue weighted by Gasteiger charge is 2.39. The summed E-state index contributed by atoms with van der Waals surface area (Å²) in [5, 5.41) is 38.9. The third-order valence-corrected chi connectivity index (χ3v) is 4.92. The summed E-state index contributed by atoms with van der Waals surface area (Å²) in [5.74, 6) is -0.820. The van der Waals surface area contributed by atoms with E-state index < -0.39 is 24.3 Å². The van der Waals surface area contributed by atoms with Gasteiger partial charge in [0, 0.05) is 18.8 Å². The molecule has 0 unspecified atom stereocenters. The van der Waals surface area contributed by atoms with Crippen molar-refractivity contribution in [3.8, 4) is 0 Å². The van der Waals surface area contributed by atoms with Crippen molar-refractivity contribution in [1.29, 1.82) is 0 Å². The van der Waals surface area contributed by atoms with E-state index in [1.165, 1.54) is 0 Å². The van der Waals surface area contributed by atoms with E-state index in [0.717, 1.165) is 25.7 Å². The molecule has 0 radical (unpaired) electrons. The molecule has 5 heteroatoms. The number of hydrogen-bond acceptors (Lipinski definition) is 4. The molecule has 4 N–H and O–H groups in total. The second-order valence-corrected chi connectivity index (χ2v) is 7.05. The maximum atomic E-state index is 10.4. The van der Waals surface area contributed by atoms with Crippen LogP contribution >= 0.6 is 0 Å². The van der Waals surface area contributed by atoms with Gasteiger partial charge in [0.2, 0.25) is 0 Å². The van der Waals surface area contributed by atoms with Crippen LogP contribution in [-0.4, -0.2) is 44.7 Å². The van der Waals surface area contributed by atoms with Gasteiger partial charge in [-0.25, -0.2) is 0 Å². The fourth-order valence-electron chi connectivity index (χ4n) is 3.47. The lowest BCUT2D eigenvalue weighted by Gasteiger charge is -2.21. The summed E-state index contributed by atoms with van der Waals surface area (Å²) >= 11 is 0. The molecule has 1 rings (SSSR count). The first-order chi connectivity index (χ1) is 12.0. The number of carboxylic acids is 1. The molecule has 0 aromatic rings. The highest BCUT2D eigenvalue weighted by molar-refractivity contribution is 5.66. The van der Waals surface area contributed by atoms with Gasteiger partial charge >= 0.3 is 5.97 Å². The van der Waals surface area contributed by atoms with Gasteiger partial charge in [-0.15, -0.1) is 0 Å². The van der Waals surface area contributed by atoms with E-state index in [4.69, 9.17) is 5.11 Å². The zero-order chi connectivity index (χ0) is 18.7. The molecule has 1 aliphatic rings. The molecule has 25 heavy (non-hydrogen) atoms. The van der Waals surface area contributed by atoms with Crippen molar-refractivity contribution < 1.29 is 25.2 Å². The second kappa shape index (κ2) is 12.2. The number of aliphatic hydroxyl groups is 3. The quantitative estimate of drug-likeness (QED) is 0.319. The first-order valence-corrected chi connectivity index (χ1v) is 9.55. The summed E-state index contributed by atoms with van der Waals surface area (Å²) < 4.78 is 0. The Morgan fingerprint density at radius 1 is 1.16 bits per heavy atom. The Kier molecular flexibility index (Phi) is 10.7. The van der Waals surface area contributed by atoms with Crippen molar-refractivity contribution in [2.45, 2.75) is 83.0 Å². The SMILES string of the molecule is CCCCC[C@H]1[C@H](/C=C/[C@@H](O)C/C=C\CCCC(=O)O)[C@H](O)C[C@@H]1O. The van der Waals surface area contributed by atoms with Crippen molar-refractivity contribution in [2.75, 3.05) is 0 Å². The van der Waals surface area contributed by atoms with Gasteiger partial charge in [0.15, 0.2) is 0 Å². The van der Waals surface area contributed by atoms with Crippen LogP contribution in [0.15, 0.2) is 24.3 Å². The van der Waals surface area contributed by atoms with Gasteiger partial charge in [-0.1, -0.05) is 50.5 Å². The molecule has 144 valence electrons. The monoisotopic (exact) mass is 354 g/mol. The Labute approximate surface area is 151 Å². The predicted octanol–water partition coefficient (Wildman–Crippen LogP) is 3.04. The lowest BCUT2D eigenvalue weighted by atomic mass is 9.88. The number of allylic oxidation sites excluding steroid dienone is 1. The van der Waals surface area contributed by atoms with Gasteiger partial charge in [0.05, 0.1) is 18.3 Å². The van der Waals surface area contributed by atoms with Crippen LogP contribution < -0.4 is 0 Å². The molecule has 1 fully saturated rings. The summed E-state index contributed by atoms with van der Waals surface area (Å²) in [5.41, 5.74) is 0. The molecular weight excluding hydrogens is 320 g/mol. The highest BCUT2D eigenvalue weighted by Crippen LogP contribution is 2.37. The van der Waals surface area contributed by atoms with E-state index in [-0.39, 0.29) is 18.3 Å². The van der Waals surface area contributed by atoms with Crippen LogP contribution in [0.1, 0.15) is 64.7 Å². The topological polar surface area (TPSA) is 98.0 Å². The first kappa shape index (κ1) is 21.9. The van der Waals surface area contributed by atoms with Crippen LogP contribution in [0.4, 0.5) is 0 Å². The Balaban J connectivity index is 2.39. The molecule has 0 bridgehead atoms. The third-order valence-electron chi connectivity index (χ3n) is 4.92.